The van der Waals surface area contributed by atoms with Gasteiger partial charge in [0.15, 0.2) is 5.58 Å². The van der Waals surface area contributed by atoms with Crippen LogP contribution in [0, 0.1) is 0 Å². The van der Waals surface area contributed by atoms with E-state index in [1.807, 2.05) is 0 Å². The summed E-state index contributed by atoms with van der Waals surface area (Å²) in [6, 6.07) is 55.5. The van der Waals surface area contributed by atoms with Crippen LogP contribution in [0.15, 0.2) is 156 Å². The minimum atomic E-state index is 0.340. The number of hydrogen-bond donors (Lipinski definition) is 1. The van der Waals surface area contributed by atoms with Gasteiger partial charge in [0.2, 0.25) is 0 Å². The number of hydrogen-bond acceptors (Lipinski definition) is 1. The lowest BCUT2D eigenvalue weighted by molar-refractivity contribution is 0.672. The molecule has 0 bridgehead atoms. The molecule has 1 aliphatic carbocycles. The number of rotatable bonds is 2. The Morgan fingerprint density at radius 2 is 1.23 bits per heavy atom. The number of fused-ring (bicyclic) bond motifs is 15. The molecule has 1 atom stereocenters. The minimum Gasteiger partial charge on any atom is -0.454 e. The van der Waals surface area contributed by atoms with E-state index in [-0.39, 0.29) is 0 Å². The van der Waals surface area contributed by atoms with Crippen molar-refractivity contribution in [3.05, 3.63) is 168 Å². The Kier molecular flexibility index (Phi) is 5.25. The number of aromatic nitrogens is 1. The van der Waals surface area contributed by atoms with Crippen molar-refractivity contribution >= 4 is 65.3 Å². The maximum absolute atomic E-state index is 6.77. The van der Waals surface area contributed by atoms with Gasteiger partial charge in [-0.2, -0.15) is 0 Å². The van der Waals surface area contributed by atoms with Crippen molar-refractivity contribution in [1.29, 1.82) is 0 Å². The van der Waals surface area contributed by atoms with Gasteiger partial charge in [-0.1, -0.05) is 140 Å². The first-order chi connectivity index (χ1) is 23.8. The molecule has 1 unspecified atom stereocenters. The van der Waals surface area contributed by atoms with Gasteiger partial charge in [-0.15, -0.1) is 0 Å². The maximum atomic E-state index is 6.77. The predicted octanol–water partition coefficient (Wildman–Crippen LogP) is 12.5. The second-order valence-corrected chi connectivity index (χ2v) is 13.3. The largest absolute Gasteiger partial charge is 0.454 e. The molecule has 11 rings (SSSR count). The standard InChI is InChI=1S/C46H29NO/c1-2-10-27(11-3-1)39-26-31-24-29(19-21-32(31)34-14-6-7-15-35(34)39)30-20-23-41-40(25-30)43-37-17-9-8-16-36(37)42-38-22-18-28-12-4-5-13-33(28)44(38)47-45(42)46(43)48-41/h1-25,39,47H,26H2. The van der Waals surface area contributed by atoms with E-state index in [1.54, 1.807) is 0 Å². The van der Waals surface area contributed by atoms with Crippen molar-refractivity contribution in [3.63, 3.8) is 0 Å². The smallest absolute Gasteiger partial charge is 0.160 e. The van der Waals surface area contributed by atoms with Gasteiger partial charge in [-0.25, -0.2) is 0 Å². The van der Waals surface area contributed by atoms with Crippen molar-refractivity contribution in [3.8, 4) is 22.3 Å². The van der Waals surface area contributed by atoms with Gasteiger partial charge in [0.1, 0.15) is 5.58 Å². The topological polar surface area (TPSA) is 28.9 Å². The van der Waals surface area contributed by atoms with Gasteiger partial charge in [-0.3, -0.25) is 0 Å². The van der Waals surface area contributed by atoms with Gasteiger partial charge in [0.05, 0.1) is 11.0 Å². The van der Waals surface area contributed by atoms with Crippen molar-refractivity contribution in [1.82, 2.24) is 4.98 Å². The Morgan fingerprint density at radius 1 is 0.500 bits per heavy atom. The number of aromatic amines is 1. The average Bonchev–Trinajstić information content (AvgIpc) is 3.74. The third-order valence-electron chi connectivity index (χ3n) is 10.8. The molecule has 2 heterocycles. The maximum Gasteiger partial charge on any atom is 0.160 e. The molecule has 0 radical (unpaired) electrons. The van der Waals surface area contributed by atoms with E-state index in [0.29, 0.717) is 5.92 Å². The molecule has 0 aliphatic heterocycles. The first kappa shape index (κ1) is 26.0. The fraction of sp³-hybridized carbons (Fsp3) is 0.0435. The van der Waals surface area contributed by atoms with Crippen LogP contribution in [0.3, 0.4) is 0 Å². The van der Waals surface area contributed by atoms with E-state index in [2.05, 4.69) is 157 Å². The highest BCUT2D eigenvalue weighted by atomic mass is 16.3. The molecule has 0 fully saturated rings. The lowest BCUT2D eigenvalue weighted by Crippen LogP contribution is -2.12. The molecule has 8 aromatic carbocycles. The molecule has 0 amide bonds. The van der Waals surface area contributed by atoms with Crippen molar-refractivity contribution < 1.29 is 4.42 Å². The van der Waals surface area contributed by atoms with Gasteiger partial charge >= 0.3 is 0 Å². The molecule has 2 nitrogen and oxygen atoms in total. The highest BCUT2D eigenvalue weighted by molar-refractivity contribution is 6.35. The summed E-state index contributed by atoms with van der Waals surface area (Å²) in [4.78, 5) is 3.83. The van der Waals surface area contributed by atoms with Crippen LogP contribution in [0.25, 0.3) is 87.5 Å². The monoisotopic (exact) mass is 611 g/mol. The SMILES string of the molecule is c1ccc(C2Cc3cc(-c4ccc5oc6c7[nH]c8c9ccccc9ccc8c7c7ccccc7c6c5c4)ccc3-c3ccccc32)cc1. The van der Waals surface area contributed by atoms with Crippen LogP contribution in [0.4, 0.5) is 0 Å². The van der Waals surface area contributed by atoms with E-state index in [4.69, 9.17) is 4.42 Å². The van der Waals surface area contributed by atoms with Gasteiger partial charge < -0.3 is 9.40 Å². The molecule has 10 aromatic rings. The number of nitrogens with one attached hydrogen (secondary N) is 1. The summed E-state index contributed by atoms with van der Waals surface area (Å²) < 4.78 is 6.77. The van der Waals surface area contributed by atoms with Crippen LogP contribution in [-0.2, 0) is 6.42 Å². The predicted molar refractivity (Wildman–Crippen MR) is 201 cm³/mol. The van der Waals surface area contributed by atoms with E-state index in [9.17, 15) is 0 Å². The molecular weight excluding hydrogens is 583 g/mol. The first-order valence-electron chi connectivity index (χ1n) is 16.8. The van der Waals surface area contributed by atoms with E-state index in [1.165, 1.54) is 76.6 Å². The Morgan fingerprint density at radius 3 is 2.12 bits per heavy atom. The second kappa shape index (κ2) is 9.70. The lowest BCUT2D eigenvalue weighted by Gasteiger charge is -2.29. The van der Waals surface area contributed by atoms with Crippen molar-refractivity contribution in [2.24, 2.45) is 0 Å². The Balaban J connectivity index is 1.13. The summed E-state index contributed by atoms with van der Waals surface area (Å²) in [5, 5.41) is 9.69. The molecule has 2 aromatic heterocycles. The van der Waals surface area contributed by atoms with Crippen LogP contribution in [0.2, 0.25) is 0 Å². The zero-order valence-corrected chi connectivity index (χ0v) is 26.1. The van der Waals surface area contributed by atoms with Crippen molar-refractivity contribution in [2.75, 3.05) is 0 Å². The third-order valence-corrected chi connectivity index (χ3v) is 10.8. The third kappa shape index (κ3) is 3.57. The van der Waals surface area contributed by atoms with Gasteiger partial charge in [-0.05, 0) is 73.7 Å². The number of benzene rings is 8. The molecule has 0 saturated carbocycles. The van der Waals surface area contributed by atoms with Gasteiger partial charge in [0.25, 0.3) is 0 Å². The lowest BCUT2D eigenvalue weighted by atomic mass is 9.75. The van der Waals surface area contributed by atoms with E-state index >= 15 is 0 Å². The molecule has 1 aliphatic rings. The fourth-order valence-corrected chi connectivity index (χ4v) is 8.59. The second-order valence-electron chi connectivity index (χ2n) is 13.3. The first-order valence-corrected chi connectivity index (χ1v) is 16.8. The van der Waals surface area contributed by atoms with E-state index < -0.39 is 0 Å². The van der Waals surface area contributed by atoms with Crippen molar-refractivity contribution in [2.45, 2.75) is 12.3 Å². The Bertz CT molecular complexity index is 2920. The zero-order valence-electron chi connectivity index (χ0n) is 26.1. The molecule has 2 heteroatoms. The summed E-state index contributed by atoms with van der Waals surface area (Å²) in [7, 11) is 0. The summed E-state index contributed by atoms with van der Waals surface area (Å²) in [6.45, 7) is 0. The summed E-state index contributed by atoms with van der Waals surface area (Å²) in [5.41, 5.74) is 13.4. The summed E-state index contributed by atoms with van der Waals surface area (Å²) >= 11 is 0. The van der Waals surface area contributed by atoms with E-state index in [0.717, 1.165) is 34.0 Å². The number of furan rings is 1. The van der Waals surface area contributed by atoms with Crippen LogP contribution < -0.4 is 0 Å². The normalized spacial score (nSPS) is 14.4. The van der Waals surface area contributed by atoms with Crippen LogP contribution in [0.5, 0.6) is 0 Å². The molecule has 0 saturated heterocycles. The molecule has 1 N–H and O–H groups in total. The summed E-state index contributed by atoms with van der Waals surface area (Å²) in [6.07, 6.45) is 0.985. The molecule has 0 spiro atoms. The molecule has 48 heavy (non-hydrogen) atoms. The Labute approximate surface area is 276 Å². The van der Waals surface area contributed by atoms with Crippen LogP contribution in [-0.4, -0.2) is 4.98 Å². The number of H-pyrrole nitrogens is 1. The summed E-state index contributed by atoms with van der Waals surface area (Å²) in [5.74, 6) is 0.340. The average molecular weight is 612 g/mol. The highest BCUT2D eigenvalue weighted by Gasteiger charge is 2.26. The Hall–Kier alpha value is -6.12. The minimum absolute atomic E-state index is 0.340. The highest BCUT2D eigenvalue weighted by Crippen LogP contribution is 2.46. The molecule has 224 valence electrons. The van der Waals surface area contributed by atoms with Gasteiger partial charge in [0, 0.05) is 32.8 Å². The quantitative estimate of drug-likeness (QED) is 0.207. The zero-order chi connectivity index (χ0) is 31.3. The fourth-order valence-electron chi connectivity index (χ4n) is 8.59. The van der Waals surface area contributed by atoms with Crippen LogP contribution >= 0.6 is 0 Å². The van der Waals surface area contributed by atoms with Crippen LogP contribution in [0.1, 0.15) is 22.6 Å². The molecular formula is C46H29NO.